The van der Waals surface area contributed by atoms with Crippen molar-refractivity contribution in [2.75, 3.05) is 13.2 Å². The van der Waals surface area contributed by atoms with Crippen LogP contribution in [-0.4, -0.2) is 39.7 Å². The SMILES string of the molecule is Cc1csc(=O)n1CC(=O)N1CCC(C)C1CO. The molecule has 1 fully saturated rings. The molecule has 100 valence electrons. The van der Waals surface area contributed by atoms with E-state index < -0.39 is 0 Å². The van der Waals surface area contributed by atoms with Crippen LogP contribution in [0.2, 0.25) is 0 Å². The quantitative estimate of drug-likeness (QED) is 0.867. The first-order valence-corrected chi connectivity index (χ1v) is 6.97. The van der Waals surface area contributed by atoms with Gasteiger partial charge in [-0.05, 0) is 19.3 Å². The topological polar surface area (TPSA) is 62.5 Å². The molecule has 5 nitrogen and oxygen atoms in total. The molecule has 6 heteroatoms. The van der Waals surface area contributed by atoms with Crippen LogP contribution in [0.25, 0.3) is 0 Å². The summed E-state index contributed by atoms with van der Waals surface area (Å²) >= 11 is 1.11. The van der Waals surface area contributed by atoms with Crippen molar-refractivity contribution < 1.29 is 9.90 Å². The first-order chi connectivity index (χ1) is 8.54. The van der Waals surface area contributed by atoms with Gasteiger partial charge in [0.15, 0.2) is 0 Å². The van der Waals surface area contributed by atoms with Crippen LogP contribution in [0, 0.1) is 12.8 Å². The van der Waals surface area contributed by atoms with Crippen molar-refractivity contribution in [1.29, 1.82) is 0 Å². The summed E-state index contributed by atoms with van der Waals surface area (Å²) in [6.07, 6.45) is 0.911. The zero-order valence-electron chi connectivity index (χ0n) is 10.6. The summed E-state index contributed by atoms with van der Waals surface area (Å²) in [5.74, 6) is 0.237. The van der Waals surface area contributed by atoms with E-state index in [1.807, 2.05) is 13.8 Å². The van der Waals surface area contributed by atoms with Crippen LogP contribution in [0.5, 0.6) is 0 Å². The summed E-state index contributed by atoms with van der Waals surface area (Å²) in [4.78, 5) is 25.4. The van der Waals surface area contributed by atoms with E-state index in [2.05, 4.69) is 0 Å². The number of likely N-dealkylation sites (tertiary alicyclic amines) is 1. The van der Waals surface area contributed by atoms with Crippen LogP contribution >= 0.6 is 11.3 Å². The monoisotopic (exact) mass is 270 g/mol. The van der Waals surface area contributed by atoms with Crippen LogP contribution in [0.3, 0.4) is 0 Å². The van der Waals surface area contributed by atoms with Gasteiger partial charge in [0.2, 0.25) is 5.91 Å². The molecule has 1 N–H and O–H groups in total. The third-order valence-corrected chi connectivity index (χ3v) is 4.54. The van der Waals surface area contributed by atoms with Crippen LogP contribution in [0.15, 0.2) is 10.2 Å². The Morgan fingerprint density at radius 2 is 2.33 bits per heavy atom. The van der Waals surface area contributed by atoms with E-state index in [4.69, 9.17) is 0 Å². The normalized spacial score (nSPS) is 23.6. The highest BCUT2D eigenvalue weighted by molar-refractivity contribution is 7.07. The second kappa shape index (κ2) is 5.24. The van der Waals surface area contributed by atoms with Gasteiger partial charge < -0.3 is 10.0 Å². The lowest BCUT2D eigenvalue weighted by molar-refractivity contribution is -0.133. The average Bonchev–Trinajstić information content (AvgIpc) is 2.86. The molecule has 2 heterocycles. The van der Waals surface area contributed by atoms with Crippen molar-refractivity contribution in [3.63, 3.8) is 0 Å². The fraction of sp³-hybridized carbons (Fsp3) is 0.667. The molecule has 1 aliphatic heterocycles. The van der Waals surface area contributed by atoms with Gasteiger partial charge in [0, 0.05) is 17.6 Å². The van der Waals surface area contributed by atoms with Gasteiger partial charge in [-0.1, -0.05) is 18.3 Å². The van der Waals surface area contributed by atoms with Gasteiger partial charge in [0.1, 0.15) is 6.54 Å². The summed E-state index contributed by atoms with van der Waals surface area (Å²) in [5.41, 5.74) is 0.811. The van der Waals surface area contributed by atoms with E-state index in [0.29, 0.717) is 12.5 Å². The number of rotatable bonds is 3. The number of aromatic nitrogens is 1. The highest BCUT2D eigenvalue weighted by Gasteiger charge is 2.33. The lowest BCUT2D eigenvalue weighted by atomic mass is 10.0. The molecular formula is C12H18N2O3S. The Morgan fingerprint density at radius 1 is 1.61 bits per heavy atom. The molecule has 2 unspecified atom stereocenters. The van der Waals surface area contributed by atoms with E-state index in [9.17, 15) is 14.7 Å². The van der Waals surface area contributed by atoms with Crippen molar-refractivity contribution in [2.45, 2.75) is 32.9 Å². The van der Waals surface area contributed by atoms with Gasteiger partial charge >= 0.3 is 4.87 Å². The summed E-state index contributed by atoms with van der Waals surface area (Å²) in [5, 5.41) is 11.1. The second-order valence-corrected chi connectivity index (χ2v) is 5.65. The maximum Gasteiger partial charge on any atom is 0.307 e. The second-order valence-electron chi connectivity index (χ2n) is 4.83. The summed E-state index contributed by atoms with van der Waals surface area (Å²) < 4.78 is 1.49. The Labute approximate surface area is 110 Å². The maximum atomic E-state index is 12.2. The molecule has 1 aliphatic rings. The lowest BCUT2D eigenvalue weighted by Gasteiger charge is -2.25. The van der Waals surface area contributed by atoms with Gasteiger partial charge in [0.25, 0.3) is 0 Å². The number of aryl methyl sites for hydroxylation is 1. The maximum absolute atomic E-state index is 12.2. The van der Waals surface area contributed by atoms with Crippen molar-refractivity contribution in [1.82, 2.24) is 9.47 Å². The van der Waals surface area contributed by atoms with Crippen LogP contribution < -0.4 is 4.87 Å². The molecule has 0 bridgehead atoms. The number of hydrogen-bond acceptors (Lipinski definition) is 4. The minimum atomic E-state index is -0.104. The molecule has 1 amide bonds. The number of thiazole rings is 1. The Morgan fingerprint density at radius 3 is 2.89 bits per heavy atom. The fourth-order valence-electron chi connectivity index (χ4n) is 2.42. The third-order valence-electron chi connectivity index (χ3n) is 3.66. The highest BCUT2D eigenvalue weighted by atomic mass is 32.1. The van der Waals surface area contributed by atoms with Crippen molar-refractivity contribution in [3.05, 3.63) is 20.7 Å². The van der Waals surface area contributed by atoms with Gasteiger partial charge in [0.05, 0.1) is 12.6 Å². The summed E-state index contributed by atoms with van der Waals surface area (Å²) in [7, 11) is 0. The molecule has 0 spiro atoms. The number of carbonyl (C=O) groups is 1. The molecule has 0 aliphatic carbocycles. The zero-order chi connectivity index (χ0) is 13.3. The molecule has 18 heavy (non-hydrogen) atoms. The molecule has 1 aromatic rings. The molecule has 0 radical (unpaired) electrons. The molecular weight excluding hydrogens is 252 g/mol. The zero-order valence-corrected chi connectivity index (χ0v) is 11.4. The number of nitrogens with zero attached hydrogens (tertiary/aromatic N) is 2. The van der Waals surface area contributed by atoms with Gasteiger partial charge in [-0.2, -0.15) is 0 Å². The number of hydrogen-bond donors (Lipinski definition) is 1. The predicted octanol–water partition coefficient (Wildman–Crippen LogP) is 0.448. The van der Waals surface area contributed by atoms with E-state index in [1.54, 1.807) is 10.3 Å². The van der Waals surface area contributed by atoms with Crippen molar-refractivity contribution >= 4 is 17.2 Å². The molecule has 2 atom stereocenters. The van der Waals surface area contributed by atoms with Crippen LogP contribution in [0.4, 0.5) is 0 Å². The average molecular weight is 270 g/mol. The van der Waals surface area contributed by atoms with E-state index in [1.165, 1.54) is 4.57 Å². The van der Waals surface area contributed by atoms with Crippen molar-refractivity contribution in [2.24, 2.45) is 5.92 Å². The van der Waals surface area contributed by atoms with Crippen molar-refractivity contribution in [3.8, 4) is 0 Å². The van der Waals surface area contributed by atoms with Crippen LogP contribution in [-0.2, 0) is 11.3 Å². The van der Waals surface area contributed by atoms with Gasteiger partial charge in [-0.25, -0.2) is 0 Å². The predicted molar refractivity (Wildman–Crippen MR) is 69.7 cm³/mol. The van der Waals surface area contributed by atoms with Gasteiger partial charge in [-0.3, -0.25) is 14.2 Å². The Balaban J connectivity index is 2.11. The number of aliphatic hydroxyl groups excluding tert-OH is 1. The third kappa shape index (κ3) is 2.35. The summed E-state index contributed by atoms with van der Waals surface area (Å²) in [6.45, 7) is 4.60. The lowest BCUT2D eigenvalue weighted by Crippen LogP contribution is -2.42. The number of carbonyl (C=O) groups excluding carboxylic acids is 1. The first kappa shape index (κ1) is 13.3. The Bertz CT molecular complexity index is 494. The summed E-state index contributed by atoms with van der Waals surface area (Å²) in [6, 6.07) is -0.104. The van der Waals surface area contributed by atoms with E-state index >= 15 is 0 Å². The minimum absolute atomic E-state index is 0.00950. The molecule has 0 saturated carbocycles. The first-order valence-electron chi connectivity index (χ1n) is 6.10. The number of aliphatic hydroxyl groups is 1. The fourth-order valence-corrected chi connectivity index (χ4v) is 3.15. The Kier molecular flexibility index (Phi) is 3.87. The van der Waals surface area contributed by atoms with Gasteiger partial charge in [-0.15, -0.1) is 0 Å². The minimum Gasteiger partial charge on any atom is -0.394 e. The largest absolute Gasteiger partial charge is 0.394 e. The standard InChI is InChI=1S/C12H18N2O3S/c1-8-3-4-13(10(8)6-15)11(16)5-14-9(2)7-18-12(14)17/h7-8,10,15H,3-6H2,1-2H3. The molecule has 1 aromatic heterocycles. The van der Waals surface area contributed by atoms with E-state index in [0.717, 1.165) is 23.5 Å². The molecule has 0 aromatic carbocycles. The van der Waals surface area contributed by atoms with E-state index in [-0.39, 0.29) is 30.0 Å². The number of amides is 1. The molecule has 1 saturated heterocycles. The highest BCUT2D eigenvalue weighted by Crippen LogP contribution is 2.23. The smallest absolute Gasteiger partial charge is 0.307 e. The Hall–Kier alpha value is -1.14. The molecule has 2 rings (SSSR count). The van der Waals surface area contributed by atoms with Crippen LogP contribution in [0.1, 0.15) is 19.0 Å².